The molecule has 4 heterocycles. The van der Waals surface area contributed by atoms with E-state index in [1.807, 2.05) is 0 Å². The van der Waals surface area contributed by atoms with Crippen LogP contribution in [0.1, 0.15) is 44.9 Å². The van der Waals surface area contributed by atoms with Crippen LogP contribution in [0.2, 0.25) is 0 Å². The van der Waals surface area contributed by atoms with Crippen molar-refractivity contribution in [3.05, 3.63) is 82.9 Å². The lowest BCUT2D eigenvalue weighted by Gasteiger charge is -2.15. The zero-order chi connectivity index (χ0) is 25.2. The van der Waals surface area contributed by atoms with E-state index in [0.29, 0.717) is 30.2 Å². The number of hydrogen-bond acceptors (Lipinski definition) is 8. The van der Waals surface area contributed by atoms with Gasteiger partial charge in [-0.1, -0.05) is 6.07 Å². The number of nitrogens with zero attached hydrogens (tertiary/aromatic N) is 7. The second kappa shape index (κ2) is 9.58. The molecule has 182 valence electrons. The van der Waals surface area contributed by atoms with Crippen molar-refractivity contribution in [1.82, 2.24) is 35.1 Å². The van der Waals surface area contributed by atoms with Gasteiger partial charge in [0.05, 0.1) is 12.6 Å². The number of pyridine rings is 2. The molecule has 4 aromatic rings. The van der Waals surface area contributed by atoms with Crippen molar-refractivity contribution in [3.63, 3.8) is 0 Å². The third kappa shape index (κ3) is 4.53. The zero-order valence-electron chi connectivity index (χ0n) is 19.2. The van der Waals surface area contributed by atoms with Gasteiger partial charge in [-0.2, -0.15) is 0 Å². The van der Waals surface area contributed by atoms with Gasteiger partial charge in [-0.3, -0.25) is 14.6 Å². The summed E-state index contributed by atoms with van der Waals surface area (Å²) in [5.74, 6) is -0.465. The summed E-state index contributed by atoms with van der Waals surface area (Å²) < 4.78 is 14.6. The Labute approximate surface area is 204 Å². The lowest BCUT2D eigenvalue weighted by Crippen LogP contribution is -2.25. The largest absolute Gasteiger partial charge is 0.394 e. The number of aliphatic hydroxyl groups excluding tert-OH is 1. The molecule has 0 fully saturated rings. The first-order valence-electron chi connectivity index (χ1n) is 11.1. The van der Waals surface area contributed by atoms with E-state index in [1.54, 1.807) is 42.3 Å². The number of benzene rings is 1. The first kappa shape index (κ1) is 23.2. The summed E-state index contributed by atoms with van der Waals surface area (Å²) >= 11 is 0. The van der Waals surface area contributed by atoms with Crippen molar-refractivity contribution in [2.75, 3.05) is 11.9 Å². The summed E-state index contributed by atoms with van der Waals surface area (Å²) in [5.41, 5.74) is 2.64. The van der Waals surface area contributed by atoms with Crippen molar-refractivity contribution in [1.29, 1.82) is 0 Å². The van der Waals surface area contributed by atoms with Crippen LogP contribution in [0.15, 0.2) is 54.7 Å². The first-order valence-corrected chi connectivity index (χ1v) is 11.1. The topological polar surface area (TPSA) is 139 Å². The number of fused-ring (bicyclic) bond motifs is 1. The van der Waals surface area contributed by atoms with Crippen LogP contribution in [0.25, 0.3) is 11.5 Å². The number of amides is 2. The SMILES string of the molecule is C[C@H](CO)n1nnnc1-c1cccc(NC(=O)c2cc3c(cn2)CN(C(=O)c2ccc(F)cc2)C3)n1. The fraction of sp³-hybridized carbons (Fsp3) is 0.208. The highest BCUT2D eigenvalue weighted by atomic mass is 19.1. The predicted molar refractivity (Wildman–Crippen MR) is 125 cm³/mol. The zero-order valence-corrected chi connectivity index (χ0v) is 19.2. The molecule has 12 heteroatoms. The summed E-state index contributed by atoms with van der Waals surface area (Å²) in [6, 6.07) is 11.7. The van der Waals surface area contributed by atoms with E-state index in [1.165, 1.54) is 28.9 Å². The smallest absolute Gasteiger partial charge is 0.275 e. The van der Waals surface area contributed by atoms with E-state index in [9.17, 15) is 19.1 Å². The van der Waals surface area contributed by atoms with Crippen LogP contribution < -0.4 is 5.32 Å². The summed E-state index contributed by atoms with van der Waals surface area (Å²) in [5, 5.41) is 23.7. The number of halogens is 1. The van der Waals surface area contributed by atoms with Crippen LogP contribution in [0.4, 0.5) is 10.2 Å². The molecule has 11 nitrogen and oxygen atoms in total. The van der Waals surface area contributed by atoms with Crippen molar-refractivity contribution in [3.8, 4) is 11.5 Å². The van der Waals surface area contributed by atoms with Gasteiger partial charge in [0.15, 0.2) is 0 Å². The van der Waals surface area contributed by atoms with Crippen molar-refractivity contribution < 1.29 is 19.1 Å². The molecule has 2 amide bonds. The van der Waals surface area contributed by atoms with Crippen LogP contribution in [-0.4, -0.2) is 58.6 Å². The van der Waals surface area contributed by atoms with Crippen molar-refractivity contribution in [2.24, 2.45) is 0 Å². The molecule has 1 aliphatic rings. The molecule has 0 saturated heterocycles. The Morgan fingerprint density at radius 1 is 1.14 bits per heavy atom. The highest BCUT2D eigenvalue weighted by molar-refractivity contribution is 6.02. The van der Waals surface area contributed by atoms with E-state index in [4.69, 9.17) is 0 Å². The van der Waals surface area contributed by atoms with E-state index in [-0.39, 0.29) is 30.1 Å². The molecule has 2 N–H and O–H groups in total. The fourth-order valence-electron chi connectivity index (χ4n) is 3.87. The normalized spacial score (nSPS) is 13.4. The van der Waals surface area contributed by atoms with E-state index in [2.05, 4.69) is 30.8 Å². The minimum atomic E-state index is -0.464. The lowest BCUT2D eigenvalue weighted by atomic mass is 10.1. The highest BCUT2D eigenvalue weighted by Crippen LogP contribution is 2.25. The number of nitrogens with one attached hydrogen (secondary N) is 1. The maximum absolute atomic E-state index is 13.2. The Morgan fingerprint density at radius 2 is 1.92 bits per heavy atom. The Bertz CT molecular complexity index is 1440. The number of aromatic nitrogens is 6. The van der Waals surface area contributed by atoms with E-state index in [0.717, 1.165) is 11.1 Å². The van der Waals surface area contributed by atoms with E-state index >= 15 is 0 Å². The lowest BCUT2D eigenvalue weighted by molar-refractivity contribution is 0.0751. The molecule has 3 aromatic heterocycles. The second-order valence-electron chi connectivity index (χ2n) is 8.35. The second-order valence-corrected chi connectivity index (χ2v) is 8.35. The molecule has 0 saturated carbocycles. The number of rotatable bonds is 6. The first-order chi connectivity index (χ1) is 17.4. The van der Waals surface area contributed by atoms with Crippen LogP contribution >= 0.6 is 0 Å². The molecule has 36 heavy (non-hydrogen) atoms. The average molecular weight is 488 g/mol. The maximum Gasteiger partial charge on any atom is 0.275 e. The minimum Gasteiger partial charge on any atom is -0.394 e. The molecule has 1 aliphatic heterocycles. The molecule has 0 spiro atoms. The molecule has 0 bridgehead atoms. The van der Waals surface area contributed by atoms with Crippen LogP contribution in [0.5, 0.6) is 0 Å². The van der Waals surface area contributed by atoms with Gasteiger partial charge in [0.1, 0.15) is 23.0 Å². The number of carbonyl (C=O) groups excluding carboxylic acids is 2. The third-order valence-electron chi connectivity index (χ3n) is 5.81. The minimum absolute atomic E-state index is 0.147. The Balaban J connectivity index is 1.30. The maximum atomic E-state index is 13.2. The Morgan fingerprint density at radius 3 is 2.69 bits per heavy atom. The number of aliphatic hydroxyl groups is 1. The Hall–Kier alpha value is -4.58. The standard InChI is InChI=1S/C24H21FN8O3/c1-14(13-34)33-22(29-30-31-33)19-3-2-4-21(27-19)28-23(35)20-9-16-11-32(12-17(16)10-26-20)24(36)15-5-7-18(25)8-6-15/h2-10,14,34H,11-13H2,1H3,(H,27,28,35)/t14-/m1/s1. The van der Waals surface area contributed by atoms with Crippen molar-refractivity contribution >= 4 is 17.6 Å². The number of tetrazole rings is 1. The average Bonchev–Trinajstić information content (AvgIpc) is 3.55. The van der Waals surface area contributed by atoms with Crippen LogP contribution in [0.3, 0.4) is 0 Å². The molecule has 5 rings (SSSR count). The molecule has 0 aliphatic carbocycles. The van der Waals surface area contributed by atoms with Gasteiger partial charge in [0.2, 0.25) is 5.82 Å². The van der Waals surface area contributed by atoms with Gasteiger partial charge >= 0.3 is 0 Å². The van der Waals surface area contributed by atoms with Crippen molar-refractivity contribution in [2.45, 2.75) is 26.1 Å². The van der Waals surface area contributed by atoms with Crippen LogP contribution in [0, 0.1) is 5.82 Å². The fourth-order valence-corrected chi connectivity index (χ4v) is 3.87. The van der Waals surface area contributed by atoms with E-state index < -0.39 is 11.7 Å². The number of hydrogen-bond donors (Lipinski definition) is 2. The number of carbonyl (C=O) groups is 2. The van der Waals surface area contributed by atoms with Gasteiger partial charge in [-0.05, 0) is 70.9 Å². The van der Waals surface area contributed by atoms with Gasteiger partial charge < -0.3 is 15.3 Å². The quantitative estimate of drug-likeness (QED) is 0.421. The summed E-state index contributed by atoms with van der Waals surface area (Å²) in [6.45, 7) is 2.28. The third-order valence-corrected chi connectivity index (χ3v) is 5.81. The summed E-state index contributed by atoms with van der Waals surface area (Å²) in [6.07, 6.45) is 1.58. The molecular formula is C24H21FN8O3. The molecule has 1 atom stereocenters. The number of anilines is 1. The van der Waals surface area contributed by atoms with Gasteiger partial charge in [0.25, 0.3) is 11.8 Å². The predicted octanol–water partition coefficient (Wildman–Crippen LogP) is 2.23. The summed E-state index contributed by atoms with van der Waals surface area (Å²) in [4.78, 5) is 36.0. The molecule has 0 unspecified atom stereocenters. The monoisotopic (exact) mass is 488 g/mol. The van der Waals surface area contributed by atoms with Gasteiger partial charge in [-0.15, -0.1) is 5.10 Å². The molecule has 1 aromatic carbocycles. The van der Waals surface area contributed by atoms with Gasteiger partial charge in [0, 0.05) is 24.8 Å². The highest BCUT2D eigenvalue weighted by Gasteiger charge is 2.26. The summed E-state index contributed by atoms with van der Waals surface area (Å²) in [7, 11) is 0. The molecule has 0 radical (unpaired) electrons. The van der Waals surface area contributed by atoms with Crippen LogP contribution in [-0.2, 0) is 13.1 Å². The molecular weight excluding hydrogens is 467 g/mol. The Kier molecular flexibility index (Phi) is 6.17. The van der Waals surface area contributed by atoms with Gasteiger partial charge in [-0.25, -0.2) is 14.1 Å².